The van der Waals surface area contributed by atoms with Crippen LogP contribution in [0, 0.1) is 5.82 Å². The van der Waals surface area contributed by atoms with Crippen molar-refractivity contribution in [3.05, 3.63) is 112 Å². The van der Waals surface area contributed by atoms with Gasteiger partial charge < -0.3 is 29.6 Å². The zero-order chi connectivity index (χ0) is 32.9. The quantitative estimate of drug-likeness (QED) is 0.257. The van der Waals surface area contributed by atoms with Crippen molar-refractivity contribution in [1.82, 2.24) is 9.47 Å². The molecule has 2 aliphatic heterocycles. The maximum Gasteiger partial charge on any atom is 0.261 e. The highest BCUT2D eigenvalue weighted by Crippen LogP contribution is 2.43. The number of aromatic nitrogens is 1. The molecule has 0 spiro atoms. The Kier molecular flexibility index (Phi) is 9.70. The number of pyridine rings is 1. The molecule has 0 atom stereocenters. The second kappa shape index (κ2) is 14.2. The Morgan fingerprint density at radius 2 is 1.91 bits per heavy atom. The SMILES string of the molecule is C/C=C\C1=C(C2=CCC=CC=C2)Oc2c(NCCCN3CCOCC3)c(F)cc3c(=O)c(C(=O)Nc4ccc(N(C)C)cc4)cn1c23. The molecule has 1 aromatic heterocycles. The van der Waals surface area contributed by atoms with Crippen LogP contribution >= 0.6 is 0 Å². The standard InChI is InChI=1S/C37H40FN5O4/c1-4-10-31-35(25-11-7-5-6-8-12-25)47-36-32(39-17-9-18-42-19-21-46-22-20-42)30(38)23-28-33(36)43(31)24-29(34(28)44)37(45)40-26-13-15-27(16-14-26)41(2)3/h4-7,10-16,23-24,39H,8-9,17-22H2,1-3H3,(H,40,45)/b10-4-. The van der Waals surface area contributed by atoms with Crippen LogP contribution in [0.25, 0.3) is 16.6 Å². The summed E-state index contributed by atoms with van der Waals surface area (Å²) in [5, 5.41) is 6.17. The van der Waals surface area contributed by atoms with Crippen molar-refractivity contribution in [3.63, 3.8) is 0 Å². The number of ether oxygens (including phenoxy) is 2. The minimum absolute atomic E-state index is 0.0556. The molecule has 10 heteroatoms. The molecule has 0 bridgehead atoms. The average Bonchev–Trinajstić information content (AvgIpc) is 3.36. The summed E-state index contributed by atoms with van der Waals surface area (Å²) in [7, 11) is 3.86. The van der Waals surface area contributed by atoms with E-state index in [0.717, 1.165) is 37.3 Å². The first-order chi connectivity index (χ1) is 22.9. The predicted octanol–water partition coefficient (Wildman–Crippen LogP) is 6.17. The highest BCUT2D eigenvalue weighted by Gasteiger charge is 2.30. The van der Waals surface area contributed by atoms with Crippen LogP contribution in [0.1, 0.15) is 30.1 Å². The molecular formula is C37H40FN5O4. The van der Waals surface area contributed by atoms with E-state index >= 15 is 4.39 Å². The molecular weight excluding hydrogens is 597 g/mol. The van der Waals surface area contributed by atoms with Gasteiger partial charge in [0.05, 0.1) is 24.3 Å². The van der Waals surface area contributed by atoms with E-state index in [4.69, 9.17) is 9.47 Å². The van der Waals surface area contributed by atoms with E-state index in [9.17, 15) is 9.59 Å². The number of hydrogen-bond donors (Lipinski definition) is 2. The minimum atomic E-state index is -0.625. The molecule has 2 aromatic carbocycles. The summed E-state index contributed by atoms with van der Waals surface area (Å²) in [6.07, 6.45) is 16.6. The largest absolute Gasteiger partial charge is 0.450 e. The second-order valence-corrected chi connectivity index (χ2v) is 11.8. The number of morpholine rings is 1. The fraction of sp³-hybridized carbons (Fsp3) is 0.297. The monoisotopic (exact) mass is 637 g/mol. The number of halogens is 1. The number of carbonyl (C=O) groups is 1. The van der Waals surface area contributed by atoms with Gasteiger partial charge in [-0.3, -0.25) is 14.5 Å². The first-order valence-electron chi connectivity index (χ1n) is 16.0. The predicted molar refractivity (Wildman–Crippen MR) is 187 cm³/mol. The Morgan fingerprint density at radius 1 is 1.13 bits per heavy atom. The van der Waals surface area contributed by atoms with Crippen LogP contribution in [0.2, 0.25) is 0 Å². The zero-order valence-electron chi connectivity index (χ0n) is 27.0. The van der Waals surface area contributed by atoms with Gasteiger partial charge in [0.2, 0.25) is 5.43 Å². The third kappa shape index (κ3) is 6.79. The zero-order valence-corrected chi connectivity index (χ0v) is 27.0. The van der Waals surface area contributed by atoms with Crippen LogP contribution in [0.4, 0.5) is 21.5 Å². The summed E-state index contributed by atoms with van der Waals surface area (Å²) < 4.78 is 29.9. The Balaban J connectivity index is 1.44. The van der Waals surface area contributed by atoms with E-state index in [0.29, 0.717) is 48.8 Å². The van der Waals surface area contributed by atoms with Gasteiger partial charge in [-0.2, -0.15) is 0 Å². The van der Waals surface area contributed by atoms with Crippen molar-refractivity contribution in [2.45, 2.75) is 19.8 Å². The molecule has 0 radical (unpaired) electrons. The molecule has 3 aromatic rings. The van der Waals surface area contributed by atoms with Gasteiger partial charge in [0, 0.05) is 56.9 Å². The van der Waals surface area contributed by atoms with Gasteiger partial charge in [-0.1, -0.05) is 36.5 Å². The van der Waals surface area contributed by atoms with Gasteiger partial charge in [-0.25, -0.2) is 4.39 Å². The molecule has 47 heavy (non-hydrogen) atoms. The van der Waals surface area contributed by atoms with Crippen LogP contribution < -0.4 is 25.7 Å². The molecule has 9 nitrogen and oxygen atoms in total. The number of nitrogens with one attached hydrogen (secondary N) is 2. The first-order valence-corrected chi connectivity index (χ1v) is 16.0. The summed E-state index contributed by atoms with van der Waals surface area (Å²) in [5.41, 5.74) is 2.82. The smallest absolute Gasteiger partial charge is 0.261 e. The van der Waals surface area contributed by atoms with Gasteiger partial charge in [-0.05, 0) is 62.7 Å². The Hall–Kier alpha value is -4.93. The summed E-state index contributed by atoms with van der Waals surface area (Å²) in [4.78, 5) is 31.9. The summed E-state index contributed by atoms with van der Waals surface area (Å²) in [6.45, 7) is 6.42. The lowest BCUT2D eigenvalue weighted by molar-refractivity contribution is 0.0378. The van der Waals surface area contributed by atoms with E-state index < -0.39 is 17.2 Å². The number of benzene rings is 2. The summed E-state index contributed by atoms with van der Waals surface area (Å²) in [5.74, 6) is -0.506. The van der Waals surface area contributed by atoms with Crippen molar-refractivity contribution in [3.8, 4) is 5.75 Å². The third-order valence-electron chi connectivity index (χ3n) is 8.42. The molecule has 6 rings (SSSR count). The van der Waals surface area contributed by atoms with Gasteiger partial charge in [0.25, 0.3) is 5.91 Å². The highest BCUT2D eigenvalue weighted by atomic mass is 19.1. The second-order valence-electron chi connectivity index (χ2n) is 11.8. The van der Waals surface area contributed by atoms with E-state index in [1.807, 2.05) is 80.6 Å². The highest BCUT2D eigenvalue weighted by molar-refractivity contribution is 6.07. The molecule has 3 heterocycles. The fourth-order valence-corrected chi connectivity index (χ4v) is 5.96. The van der Waals surface area contributed by atoms with Crippen molar-refractivity contribution in [2.75, 3.05) is 69.0 Å². The lowest BCUT2D eigenvalue weighted by Crippen LogP contribution is -2.37. The lowest BCUT2D eigenvalue weighted by atomic mass is 10.0. The van der Waals surface area contributed by atoms with Crippen molar-refractivity contribution in [1.29, 1.82) is 0 Å². The Bertz CT molecular complexity index is 1880. The third-order valence-corrected chi connectivity index (χ3v) is 8.42. The van der Waals surface area contributed by atoms with E-state index in [-0.39, 0.29) is 22.4 Å². The fourth-order valence-electron chi connectivity index (χ4n) is 5.96. The molecule has 3 aliphatic rings. The van der Waals surface area contributed by atoms with Crippen molar-refractivity contribution in [2.24, 2.45) is 0 Å². The van der Waals surface area contributed by atoms with Gasteiger partial charge in [0.1, 0.15) is 16.8 Å². The topological polar surface area (TPSA) is 88.1 Å². The van der Waals surface area contributed by atoms with E-state index in [2.05, 4.69) is 15.5 Å². The lowest BCUT2D eigenvalue weighted by Gasteiger charge is -2.28. The normalized spacial score (nSPS) is 16.3. The molecule has 1 aliphatic carbocycles. The van der Waals surface area contributed by atoms with Gasteiger partial charge in [-0.15, -0.1) is 0 Å². The maximum absolute atomic E-state index is 16.1. The molecule has 244 valence electrons. The van der Waals surface area contributed by atoms with Crippen molar-refractivity contribution < 1.29 is 18.7 Å². The molecule has 2 N–H and O–H groups in total. The maximum atomic E-state index is 16.1. The first kappa shape index (κ1) is 32.0. The minimum Gasteiger partial charge on any atom is -0.450 e. The van der Waals surface area contributed by atoms with Crippen LogP contribution in [0.15, 0.2) is 95.2 Å². The molecule has 0 unspecified atom stereocenters. The molecule has 0 saturated carbocycles. The van der Waals surface area contributed by atoms with Gasteiger partial charge in [0.15, 0.2) is 17.3 Å². The number of carbonyl (C=O) groups excluding carboxylic acids is 1. The van der Waals surface area contributed by atoms with Crippen LogP contribution in [0.3, 0.4) is 0 Å². The van der Waals surface area contributed by atoms with E-state index in [1.165, 1.54) is 12.3 Å². The Morgan fingerprint density at radius 3 is 2.66 bits per heavy atom. The number of rotatable bonds is 10. The number of hydrogen-bond acceptors (Lipinski definition) is 7. The average molecular weight is 638 g/mol. The van der Waals surface area contributed by atoms with Gasteiger partial charge >= 0.3 is 0 Å². The van der Waals surface area contributed by atoms with E-state index in [1.54, 1.807) is 16.7 Å². The molecule has 1 saturated heterocycles. The van der Waals surface area contributed by atoms with Crippen LogP contribution in [-0.2, 0) is 4.74 Å². The summed E-state index contributed by atoms with van der Waals surface area (Å²) >= 11 is 0. The Labute approximate surface area is 273 Å². The number of amides is 1. The number of nitrogens with zero attached hydrogens (tertiary/aromatic N) is 3. The number of allylic oxidation sites excluding steroid dienone is 8. The number of anilines is 3. The molecule has 1 fully saturated rings. The molecule has 1 amide bonds. The van der Waals surface area contributed by atoms with Crippen LogP contribution in [-0.4, -0.2) is 68.9 Å². The summed E-state index contributed by atoms with van der Waals surface area (Å²) in [6, 6.07) is 8.52. The van der Waals surface area contributed by atoms with Crippen LogP contribution in [0.5, 0.6) is 5.75 Å². The van der Waals surface area contributed by atoms with Crippen molar-refractivity contribution >= 4 is 39.6 Å².